The van der Waals surface area contributed by atoms with Gasteiger partial charge in [0.2, 0.25) is 0 Å². The van der Waals surface area contributed by atoms with Gasteiger partial charge in [-0.1, -0.05) is 19.1 Å². The van der Waals surface area contributed by atoms with Crippen molar-refractivity contribution >= 4 is 17.7 Å². The van der Waals surface area contributed by atoms with Gasteiger partial charge < -0.3 is 15.7 Å². The number of carboxylic acids is 1. The second-order valence-electron chi connectivity index (χ2n) is 4.72. The fourth-order valence-electron chi connectivity index (χ4n) is 1.91. The number of carbonyl (C=O) groups excluding carboxylic acids is 1. The number of hydrogen-bond acceptors (Lipinski definition) is 2. The van der Waals surface area contributed by atoms with Crippen molar-refractivity contribution in [2.75, 3.05) is 5.32 Å². The third kappa shape index (κ3) is 2.61. The molecule has 1 saturated carbocycles. The summed E-state index contributed by atoms with van der Waals surface area (Å²) in [6, 6.07) is 4.87. The molecule has 1 aromatic rings. The number of carbonyl (C=O) groups is 2. The van der Waals surface area contributed by atoms with E-state index < -0.39 is 5.97 Å². The number of urea groups is 1. The zero-order valence-electron chi connectivity index (χ0n) is 10.4. The third-order valence-corrected chi connectivity index (χ3v) is 3.16. The highest BCUT2D eigenvalue weighted by Crippen LogP contribution is 2.29. The average molecular weight is 248 g/mol. The van der Waals surface area contributed by atoms with Crippen molar-refractivity contribution in [2.45, 2.75) is 26.3 Å². The van der Waals surface area contributed by atoms with Crippen molar-refractivity contribution < 1.29 is 14.7 Å². The maximum absolute atomic E-state index is 11.7. The molecule has 2 unspecified atom stereocenters. The van der Waals surface area contributed by atoms with Crippen molar-refractivity contribution in [3.8, 4) is 0 Å². The number of anilines is 1. The Balaban J connectivity index is 2.11. The lowest BCUT2D eigenvalue weighted by atomic mass is 10.1. The molecule has 5 nitrogen and oxygen atoms in total. The molecule has 3 N–H and O–H groups in total. The Labute approximate surface area is 105 Å². The average Bonchev–Trinajstić information content (AvgIpc) is 2.93. The summed E-state index contributed by atoms with van der Waals surface area (Å²) in [7, 11) is 0. The number of rotatable bonds is 3. The highest BCUT2D eigenvalue weighted by molar-refractivity contribution is 6.01. The molecule has 2 amide bonds. The van der Waals surface area contributed by atoms with E-state index in [2.05, 4.69) is 17.6 Å². The molecule has 1 aliphatic carbocycles. The zero-order valence-corrected chi connectivity index (χ0v) is 10.4. The van der Waals surface area contributed by atoms with Gasteiger partial charge in [-0.25, -0.2) is 9.59 Å². The van der Waals surface area contributed by atoms with Gasteiger partial charge in [-0.2, -0.15) is 0 Å². The first-order valence-corrected chi connectivity index (χ1v) is 5.89. The molecule has 0 heterocycles. The van der Waals surface area contributed by atoms with Gasteiger partial charge in [0.25, 0.3) is 0 Å². The minimum absolute atomic E-state index is 0.136. The van der Waals surface area contributed by atoms with E-state index in [-0.39, 0.29) is 17.6 Å². The summed E-state index contributed by atoms with van der Waals surface area (Å²) in [5.74, 6) is -0.532. The van der Waals surface area contributed by atoms with Gasteiger partial charge in [0.1, 0.15) is 0 Å². The highest BCUT2D eigenvalue weighted by atomic mass is 16.4. The normalized spacial score (nSPS) is 21.2. The number of nitrogens with one attached hydrogen (secondary N) is 2. The summed E-state index contributed by atoms with van der Waals surface area (Å²) >= 11 is 0. The predicted octanol–water partition coefficient (Wildman–Crippen LogP) is 2.22. The van der Waals surface area contributed by atoms with Crippen LogP contribution in [0.15, 0.2) is 18.2 Å². The van der Waals surface area contributed by atoms with Crippen molar-refractivity contribution in [2.24, 2.45) is 5.92 Å². The van der Waals surface area contributed by atoms with Gasteiger partial charge in [0, 0.05) is 6.04 Å². The minimum Gasteiger partial charge on any atom is -0.478 e. The SMILES string of the molecule is Cc1cccc(NC(=O)NC2CC2C)c1C(=O)O. The number of aryl methyl sites for hydroxylation is 1. The van der Waals surface area contributed by atoms with Gasteiger partial charge >= 0.3 is 12.0 Å². The van der Waals surface area contributed by atoms with Crippen LogP contribution in [0.5, 0.6) is 0 Å². The van der Waals surface area contributed by atoms with Crippen molar-refractivity contribution in [1.29, 1.82) is 0 Å². The van der Waals surface area contributed by atoms with Crippen molar-refractivity contribution in [3.05, 3.63) is 29.3 Å². The Kier molecular flexibility index (Phi) is 3.23. The van der Waals surface area contributed by atoms with Crippen LogP contribution in [0.1, 0.15) is 29.3 Å². The van der Waals surface area contributed by atoms with Gasteiger partial charge in [0.15, 0.2) is 0 Å². The van der Waals surface area contributed by atoms with Gasteiger partial charge in [-0.05, 0) is 30.9 Å². The molecule has 1 aliphatic rings. The monoisotopic (exact) mass is 248 g/mol. The summed E-state index contributed by atoms with van der Waals surface area (Å²) in [5.41, 5.74) is 1.09. The largest absolute Gasteiger partial charge is 0.478 e. The van der Waals surface area contributed by atoms with E-state index in [1.165, 1.54) is 0 Å². The van der Waals surface area contributed by atoms with E-state index in [1.54, 1.807) is 25.1 Å². The molecule has 0 spiro atoms. The molecule has 2 atom stereocenters. The summed E-state index contributed by atoms with van der Waals surface area (Å²) in [5, 5.41) is 14.5. The highest BCUT2D eigenvalue weighted by Gasteiger charge is 2.34. The number of carboxylic acid groups (broad SMARTS) is 1. The minimum atomic E-state index is -1.04. The molecule has 5 heteroatoms. The van der Waals surface area contributed by atoms with Crippen molar-refractivity contribution in [3.63, 3.8) is 0 Å². The maximum atomic E-state index is 11.7. The van der Waals surface area contributed by atoms with E-state index >= 15 is 0 Å². The first kappa shape index (κ1) is 12.4. The van der Waals surface area contributed by atoms with Crippen LogP contribution in [-0.2, 0) is 0 Å². The van der Waals surface area contributed by atoms with Gasteiger partial charge in [-0.3, -0.25) is 0 Å². The van der Waals surface area contributed by atoms with Crippen LogP contribution in [0.4, 0.5) is 10.5 Å². The van der Waals surface area contributed by atoms with E-state index in [9.17, 15) is 9.59 Å². The Morgan fingerprint density at radius 2 is 2.06 bits per heavy atom. The topological polar surface area (TPSA) is 78.4 Å². The molecule has 1 aromatic carbocycles. The lowest BCUT2D eigenvalue weighted by molar-refractivity contribution is 0.0697. The number of hydrogen-bond donors (Lipinski definition) is 3. The first-order valence-electron chi connectivity index (χ1n) is 5.89. The molecular weight excluding hydrogens is 232 g/mol. The Morgan fingerprint density at radius 3 is 2.61 bits per heavy atom. The number of benzene rings is 1. The predicted molar refractivity (Wildman–Crippen MR) is 67.9 cm³/mol. The maximum Gasteiger partial charge on any atom is 0.338 e. The molecule has 0 radical (unpaired) electrons. The fourth-order valence-corrected chi connectivity index (χ4v) is 1.91. The van der Waals surface area contributed by atoms with E-state index in [4.69, 9.17) is 5.11 Å². The van der Waals surface area contributed by atoms with E-state index in [0.29, 0.717) is 17.2 Å². The van der Waals surface area contributed by atoms with Crippen LogP contribution in [0.3, 0.4) is 0 Å². The van der Waals surface area contributed by atoms with Crippen molar-refractivity contribution in [1.82, 2.24) is 5.32 Å². The standard InChI is InChI=1S/C13H16N2O3/c1-7-4-3-5-9(11(7)12(16)17)14-13(18)15-10-6-8(10)2/h3-5,8,10H,6H2,1-2H3,(H,16,17)(H2,14,15,18). The molecule has 18 heavy (non-hydrogen) atoms. The fraction of sp³-hybridized carbons (Fsp3) is 0.385. The molecule has 96 valence electrons. The summed E-state index contributed by atoms with van der Waals surface area (Å²) < 4.78 is 0. The molecule has 0 aromatic heterocycles. The summed E-state index contributed by atoms with van der Waals surface area (Å²) in [6.45, 7) is 3.76. The molecule has 0 saturated heterocycles. The Bertz CT molecular complexity index is 499. The zero-order chi connectivity index (χ0) is 13.3. The second-order valence-corrected chi connectivity index (χ2v) is 4.72. The molecule has 0 aliphatic heterocycles. The van der Waals surface area contributed by atoms with E-state index in [0.717, 1.165) is 6.42 Å². The van der Waals surface area contributed by atoms with Gasteiger partial charge in [-0.15, -0.1) is 0 Å². The lowest BCUT2D eigenvalue weighted by Gasteiger charge is -2.11. The number of amides is 2. The molecular formula is C13H16N2O3. The Hall–Kier alpha value is -2.04. The Morgan fingerprint density at radius 1 is 1.39 bits per heavy atom. The smallest absolute Gasteiger partial charge is 0.338 e. The third-order valence-electron chi connectivity index (χ3n) is 3.16. The molecule has 2 rings (SSSR count). The summed E-state index contributed by atoms with van der Waals surface area (Å²) in [4.78, 5) is 22.8. The van der Waals surface area contributed by atoms with Crippen LogP contribution in [0.25, 0.3) is 0 Å². The lowest BCUT2D eigenvalue weighted by Crippen LogP contribution is -2.32. The quantitative estimate of drug-likeness (QED) is 0.767. The van der Waals surface area contributed by atoms with Crippen LogP contribution in [0, 0.1) is 12.8 Å². The van der Waals surface area contributed by atoms with Gasteiger partial charge in [0.05, 0.1) is 11.3 Å². The summed E-state index contributed by atoms with van der Waals surface area (Å²) in [6.07, 6.45) is 0.979. The molecule has 0 bridgehead atoms. The molecule has 1 fully saturated rings. The number of aromatic carboxylic acids is 1. The van der Waals surface area contributed by atoms with E-state index in [1.807, 2.05) is 0 Å². The second kappa shape index (κ2) is 4.68. The first-order chi connectivity index (χ1) is 8.49. The van der Waals surface area contributed by atoms with Crippen LogP contribution in [-0.4, -0.2) is 23.1 Å². The van der Waals surface area contributed by atoms with Crippen LogP contribution in [0.2, 0.25) is 0 Å². The van der Waals surface area contributed by atoms with Crippen LogP contribution >= 0.6 is 0 Å². The van der Waals surface area contributed by atoms with Crippen LogP contribution < -0.4 is 10.6 Å².